The molecule has 122 valence electrons. The zero-order valence-corrected chi connectivity index (χ0v) is 14.1. The monoisotopic (exact) mass is 330 g/mol. The topological polar surface area (TPSA) is 28.4 Å². The Hall–Kier alpha value is -1.29. The number of furan rings is 1. The van der Waals surface area contributed by atoms with Gasteiger partial charge in [-0.05, 0) is 56.0 Å². The second-order valence-electron chi connectivity index (χ2n) is 6.73. The van der Waals surface area contributed by atoms with E-state index in [0.717, 1.165) is 47.2 Å². The van der Waals surface area contributed by atoms with E-state index in [1.165, 1.54) is 32.4 Å². The van der Waals surface area contributed by atoms with Crippen molar-refractivity contribution < 1.29 is 4.42 Å². The van der Waals surface area contributed by atoms with Crippen molar-refractivity contribution >= 4 is 11.6 Å². The fourth-order valence-corrected chi connectivity index (χ4v) is 4.18. The molecule has 4 heteroatoms. The standard InChI is InChI=1S/C19H23ClN2O/c20-17-6-2-1-5-16(17)19-8-7-15(23-19)13-22-11-9-18-14(12-22)4-3-10-21-18/h1-2,5-8,14,18,21H,3-4,9-13H2/t14-,18+/m1/s1. The van der Waals surface area contributed by atoms with Crippen molar-refractivity contribution in [2.45, 2.75) is 31.8 Å². The summed E-state index contributed by atoms with van der Waals surface area (Å²) in [5, 5.41) is 4.41. The number of benzene rings is 1. The molecular weight excluding hydrogens is 308 g/mol. The Balaban J connectivity index is 1.43. The normalized spacial score (nSPS) is 25.3. The summed E-state index contributed by atoms with van der Waals surface area (Å²) in [7, 11) is 0. The molecule has 0 bridgehead atoms. The molecule has 0 saturated carbocycles. The van der Waals surface area contributed by atoms with E-state index in [1.807, 2.05) is 30.3 Å². The summed E-state index contributed by atoms with van der Waals surface area (Å²) in [4.78, 5) is 2.53. The Morgan fingerprint density at radius 3 is 3.00 bits per heavy atom. The molecule has 0 spiro atoms. The zero-order valence-electron chi connectivity index (χ0n) is 13.3. The number of rotatable bonds is 3. The largest absolute Gasteiger partial charge is 0.460 e. The van der Waals surface area contributed by atoms with Gasteiger partial charge in [-0.25, -0.2) is 0 Å². The summed E-state index contributed by atoms with van der Waals surface area (Å²) in [5.74, 6) is 2.69. The van der Waals surface area contributed by atoms with Crippen LogP contribution in [0.2, 0.25) is 5.02 Å². The summed E-state index contributed by atoms with van der Waals surface area (Å²) in [5.41, 5.74) is 0.968. The first kappa shape index (κ1) is 15.3. The minimum Gasteiger partial charge on any atom is -0.460 e. The molecule has 0 unspecified atom stereocenters. The smallest absolute Gasteiger partial charge is 0.135 e. The van der Waals surface area contributed by atoms with Crippen molar-refractivity contribution in [1.82, 2.24) is 10.2 Å². The number of piperidine rings is 2. The van der Waals surface area contributed by atoms with Crippen molar-refractivity contribution in [2.75, 3.05) is 19.6 Å². The van der Waals surface area contributed by atoms with Crippen molar-refractivity contribution in [2.24, 2.45) is 5.92 Å². The fourth-order valence-electron chi connectivity index (χ4n) is 3.95. The first-order valence-electron chi connectivity index (χ1n) is 8.59. The molecule has 1 aromatic carbocycles. The van der Waals surface area contributed by atoms with Gasteiger partial charge in [0.2, 0.25) is 0 Å². The van der Waals surface area contributed by atoms with Crippen LogP contribution in [0.25, 0.3) is 11.3 Å². The Bertz CT molecular complexity index is 669. The van der Waals surface area contributed by atoms with Gasteiger partial charge in [-0.3, -0.25) is 4.90 Å². The van der Waals surface area contributed by atoms with Crippen molar-refractivity contribution in [1.29, 1.82) is 0 Å². The van der Waals surface area contributed by atoms with Crippen LogP contribution in [0.1, 0.15) is 25.0 Å². The number of nitrogens with zero attached hydrogens (tertiary/aromatic N) is 1. The van der Waals surface area contributed by atoms with Gasteiger partial charge < -0.3 is 9.73 Å². The second kappa shape index (κ2) is 6.68. The third kappa shape index (κ3) is 3.32. The third-order valence-corrected chi connectivity index (χ3v) is 5.49. The van der Waals surface area contributed by atoms with E-state index >= 15 is 0 Å². The van der Waals surface area contributed by atoms with Crippen LogP contribution >= 0.6 is 11.6 Å². The highest BCUT2D eigenvalue weighted by atomic mass is 35.5. The molecule has 3 nitrogen and oxygen atoms in total. The Labute approximate surface area is 142 Å². The van der Waals surface area contributed by atoms with Gasteiger partial charge in [0.25, 0.3) is 0 Å². The SMILES string of the molecule is Clc1ccccc1-c1ccc(CN2CC[C@@H]3NCCC[C@@H]3C2)o1. The zero-order chi connectivity index (χ0) is 15.6. The van der Waals surface area contributed by atoms with E-state index in [1.54, 1.807) is 0 Å². The van der Waals surface area contributed by atoms with Gasteiger partial charge >= 0.3 is 0 Å². The molecule has 2 aromatic rings. The molecule has 0 aliphatic carbocycles. The van der Waals surface area contributed by atoms with Crippen molar-refractivity contribution in [3.8, 4) is 11.3 Å². The molecule has 1 aromatic heterocycles. The molecular formula is C19H23ClN2O. The van der Waals surface area contributed by atoms with Gasteiger partial charge in [-0.2, -0.15) is 0 Å². The van der Waals surface area contributed by atoms with E-state index in [0.29, 0.717) is 0 Å². The molecule has 4 rings (SSSR count). The van der Waals surface area contributed by atoms with Crippen molar-refractivity contribution in [3.63, 3.8) is 0 Å². The number of halogens is 1. The number of likely N-dealkylation sites (tertiary alicyclic amines) is 1. The highest BCUT2D eigenvalue weighted by Gasteiger charge is 2.31. The van der Waals surface area contributed by atoms with Crippen LogP contribution in [-0.4, -0.2) is 30.6 Å². The van der Waals surface area contributed by atoms with E-state index in [2.05, 4.69) is 16.3 Å². The van der Waals surface area contributed by atoms with Gasteiger partial charge in [-0.15, -0.1) is 0 Å². The maximum atomic E-state index is 6.26. The molecule has 0 amide bonds. The van der Waals surface area contributed by atoms with Crippen molar-refractivity contribution in [3.05, 3.63) is 47.2 Å². The summed E-state index contributed by atoms with van der Waals surface area (Å²) in [6.07, 6.45) is 3.92. The predicted molar refractivity (Wildman–Crippen MR) is 93.6 cm³/mol. The predicted octanol–water partition coefficient (Wildman–Crippen LogP) is 4.17. The van der Waals surface area contributed by atoms with Crippen LogP contribution in [0.4, 0.5) is 0 Å². The van der Waals surface area contributed by atoms with Gasteiger partial charge in [0.05, 0.1) is 11.6 Å². The Morgan fingerprint density at radius 1 is 1.17 bits per heavy atom. The van der Waals surface area contributed by atoms with Crippen LogP contribution in [0, 0.1) is 5.92 Å². The van der Waals surface area contributed by atoms with Crippen LogP contribution < -0.4 is 5.32 Å². The lowest BCUT2D eigenvalue weighted by Crippen LogP contribution is -2.51. The number of hydrogen-bond acceptors (Lipinski definition) is 3. The number of hydrogen-bond donors (Lipinski definition) is 1. The summed E-state index contributed by atoms with van der Waals surface area (Å²) in [6.45, 7) is 4.42. The average molecular weight is 331 g/mol. The molecule has 2 saturated heterocycles. The molecule has 3 heterocycles. The maximum Gasteiger partial charge on any atom is 0.135 e. The molecule has 2 atom stereocenters. The number of fused-ring (bicyclic) bond motifs is 1. The minimum absolute atomic E-state index is 0.732. The summed E-state index contributed by atoms with van der Waals surface area (Å²) < 4.78 is 6.05. The van der Waals surface area contributed by atoms with E-state index in [4.69, 9.17) is 16.0 Å². The summed E-state index contributed by atoms with van der Waals surface area (Å²) >= 11 is 6.26. The fraction of sp³-hybridized carbons (Fsp3) is 0.474. The van der Waals surface area contributed by atoms with Crippen LogP contribution in [0.3, 0.4) is 0 Å². The van der Waals surface area contributed by atoms with Gasteiger partial charge in [-0.1, -0.05) is 23.7 Å². The second-order valence-corrected chi connectivity index (χ2v) is 7.14. The van der Waals surface area contributed by atoms with Gasteiger partial charge in [0.1, 0.15) is 11.5 Å². The van der Waals surface area contributed by atoms with E-state index in [9.17, 15) is 0 Å². The van der Waals surface area contributed by atoms with Crippen LogP contribution in [0.5, 0.6) is 0 Å². The van der Waals surface area contributed by atoms with Gasteiger partial charge in [0, 0.05) is 24.7 Å². The highest BCUT2D eigenvalue weighted by molar-refractivity contribution is 6.33. The van der Waals surface area contributed by atoms with E-state index < -0.39 is 0 Å². The van der Waals surface area contributed by atoms with Gasteiger partial charge in [0.15, 0.2) is 0 Å². The Kier molecular flexibility index (Phi) is 4.43. The molecule has 0 radical (unpaired) electrons. The quantitative estimate of drug-likeness (QED) is 0.915. The molecule has 2 aliphatic rings. The first-order chi connectivity index (χ1) is 11.3. The van der Waals surface area contributed by atoms with Crippen LogP contribution in [0.15, 0.2) is 40.8 Å². The third-order valence-electron chi connectivity index (χ3n) is 5.16. The number of nitrogens with one attached hydrogen (secondary N) is 1. The lowest BCUT2D eigenvalue weighted by atomic mass is 9.85. The molecule has 2 fully saturated rings. The minimum atomic E-state index is 0.732. The average Bonchev–Trinajstić information content (AvgIpc) is 3.03. The molecule has 23 heavy (non-hydrogen) atoms. The van der Waals surface area contributed by atoms with Crippen LogP contribution in [-0.2, 0) is 6.54 Å². The summed E-state index contributed by atoms with van der Waals surface area (Å²) in [6, 6.07) is 12.7. The lowest BCUT2D eigenvalue weighted by molar-refractivity contribution is 0.103. The van der Waals surface area contributed by atoms with E-state index in [-0.39, 0.29) is 0 Å². The lowest BCUT2D eigenvalue weighted by Gasteiger charge is -2.41. The highest BCUT2D eigenvalue weighted by Crippen LogP contribution is 2.30. The maximum absolute atomic E-state index is 6.26. The molecule has 2 aliphatic heterocycles. The Morgan fingerprint density at radius 2 is 2.09 bits per heavy atom. The molecule has 1 N–H and O–H groups in total. The first-order valence-corrected chi connectivity index (χ1v) is 8.97.